The molecule has 0 heterocycles. The Hall–Kier alpha value is -2.48. The first-order valence-corrected chi connectivity index (χ1v) is 6.36. The monoisotopic (exact) mass is 266 g/mol. The molecule has 0 spiro atoms. The molecular weight excluding hydrogens is 254 g/mol. The zero-order chi connectivity index (χ0) is 13.9. The van der Waals surface area contributed by atoms with E-state index in [-0.39, 0.29) is 5.56 Å². The van der Waals surface area contributed by atoms with Crippen LogP contribution in [0, 0.1) is 11.6 Å². The van der Waals surface area contributed by atoms with Crippen molar-refractivity contribution in [3.05, 3.63) is 84.4 Å². The third-order valence-electron chi connectivity index (χ3n) is 3.24. The van der Waals surface area contributed by atoms with Crippen LogP contribution in [0.15, 0.2) is 72.8 Å². The van der Waals surface area contributed by atoms with Gasteiger partial charge in [0.15, 0.2) is 0 Å². The highest BCUT2D eigenvalue weighted by atomic mass is 19.1. The quantitative estimate of drug-likeness (QED) is 0.590. The molecule has 0 nitrogen and oxygen atoms in total. The third-order valence-corrected chi connectivity index (χ3v) is 3.24. The number of rotatable bonds is 2. The van der Waals surface area contributed by atoms with Gasteiger partial charge in [-0.25, -0.2) is 8.78 Å². The number of hydrogen-bond acceptors (Lipinski definition) is 0. The van der Waals surface area contributed by atoms with E-state index in [2.05, 4.69) is 0 Å². The van der Waals surface area contributed by atoms with Gasteiger partial charge in [0, 0.05) is 0 Å². The average Bonchev–Trinajstić information content (AvgIpc) is 2.48. The van der Waals surface area contributed by atoms with E-state index in [1.54, 1.807) is 12.1 Å². The van der Waals surface area contributed by atoms with Crippen molar-refractivity contribution in [1.29, 1.82) is 0 Å². The van der Waals surface area contributed by atoms with Crippen LogP contribution >= 0.6 is 0 Å². The largest absolute Gasteiger partial charge is 0.206 e. The smallest absolute Gasteiger partial charge is 0.133 e. The van der Waals surface area contributed by atoms with Crippen LogP contribution in [0.2, 0.25) is 0 Å². The lowest BCUT2D eigenvalue weighted by Crippen LogP contribution is -1.92. The summed E-state index contributed by atoms with van der Waals surface area (Å²) in [5.74, 6) is -1.10. The van der Waals surface area contributed by atoms with Crippen molar-refractivity contribution in [3.63, 3.8) is 0 Å². The van der Waals surface area contributed by atoms with E-state index in [0.29, 0.717) is 5.56 Å². The molecule has 3 rings (SSSR count). The van der Waals surface area contributed by atoms with Gasteiger partial charge in [0.2, 0.25) is 0 Å². The molecular formula is C18H12F2. The highest BCUT2D eigenvalue weighted by Crippen LogP contribution is 2.34. The van der Waals surface area contributed by atoms with Crippen LogP contribution in [0.1, 0.15) is 0 Å². The molecule has 3 aromatic carbocycles. The van der Waals surface area contributed by atoms with Crippen molar-refractivity contribution < 1.29 is 8.78 Å². The van der Waals surface area contributed by atoms with Gasteiger partial charge in [-0.15, -0.1) is 0 Å². The standard InChI is InChI=1S/C18H12F2/c19-16-11-6-12-17(20)18(16)15-10-5-4-9-14(15)13-7-2-1-3-8-13/h1-12H. The van der Waals surface area contributed by atoms with Crippen LogP contribution in [0.3, 0.4) is 0 Å². The Morgan fingerprint density at radius 3 is 1.70 bits per heavy atom. The summed E-state index contributed by atoms with van der Waals surface area (Å²) in [4.78, 5) is 0. The minimum Gasteiger partial charge on any atom is -0.206 e. The van der Waals surface area contributed by atoms with E-state index in [9.17, 15) is 8.78 Å². The summed E-state index contributed by atoms with van der Waals surface area (Å²) in [6, 6.07) is 20.8. The highest BCUT2D eigenvalue weighted by Gasteiger charge is 2.14. The summed E-state index contributed by atoms with van der Waals surface area (Å²) in [5.41, 5.74) is 2.34. The maximum atomic E-state index is 14.0. The van der Waals surface area contributed by atoms with E-state index in [1.807, 2.05) is 42.5 Å². The van der Waals surface area contributed by atoms with Gasteiger partial charge in [0.25, 0.3) is 0 Å². The maximum Gasteiger partial charge on any atom is 0.133 e. The van der Waals surface area contributed by atoms with E-state index in [0.717, 1.165) is 11.1 Å². The van der Waals surface area contributed by atoms with Crippen LogP contribution in [-0.4, -0.2) is 0 Å². The number of hydrogen-bond donors (Lipinski definition) is 0. The number of halogens is 2. The molecule has 0 aliphatic rings. The fourth-order valence-corrected chi connectivity index (χ4v) is 2.33. The Labute approximate surface area is 116 Å². The molecule has 0 amide bonds. The zero-order valence-electron chi connectivity index (χ0n) is 10.7. The van der Waals surface area contributed by atoms with E-state index >= 15 is 0 Å². The molecule has 20 heavy (non-hydrogen) atoms. The molecule has 0 N–H and O–H groups in total. The fraction of sp³-hybridized carbons (Fsp3) is 0. The Morgan fingerprint density at radius 2 is 1.05 bits per heavy atom. The van der Waals surface area contributed by atoms with Crippen LogP contribution in [0.4, 0.5) is 8.78 Å². The molecule has 0 bridgehead atoms. The predicted molar refractivity (Wildman–Crippen MR) is 77.2 cm³/mol. The molecule has 98 valence electrons. The molecule has 0 radical (unpaired) electrons. The summed E-state index contributed by atoms with van der Waals surface area (Å²) in [6.07, 6.45) is 0. The highest BCUT2D eigenvalue weighted by molar-refractivity contribution is 5.83. The SMILES string of the molecule is Fc1cccc(F)c1-c1ccccc1-c1ccccc1. The second kappa shape index (κ2) is 5.25. The molecule has 0 aromatic heterocycles. The van der Waals surface area contributed by atoms with Crippen molar-refractivity contribution >= 4 is 0 Å². The Morgan fingerprint density at radius 1 is 0.500 bits per heavy atom. The van der Waals surface area contributed by atoms with E-state index < -0.39 is 11.6 Å². The van der Waals surface area contributed by atoms with E-state index in [4.69, 9.17) is 0 Å². The Bertz CT molecular complexity index is 713. The van der Waals surface area contributed by atoms with Gasteiger partial charge >= 0.3 is 0 Å². The maximum absolute atomic E-state index is 14.0. The molecule has 0 aliphatic heterocycles. The normalized spacial score (nSPS) is 10.5. The van der Waals surface area contributed by atoms with Gasteiger partial charge in [-0.3, -0.25) is 0 Å². The summed E-state index contributed by atoms with van der Waals surface area (Å²) in [5, 5.41) is 0. The second-order valence-corrected chi connectivity index (χ2v) is 4.51. The van der Waals surface area contributed by atoms with Crippen LogP contribution in [0.5, 0.6) is 0 Å². The minimum absolute atomic E-state index is 0.0203. The van der Waals surface area contributed by atoms with Gasteiger partial charge in [0.05, 0.1) is 5.56 Å². The molecule has 0 aliphatic carbocycles. The first kappa shape index (κ1) is 12.5. The Balaban J connectivity index is 2.26. The summed E-state index contributed by atoms with van der Waals surface area (Å²) in [7, 11) is 0. The van der Waals surface area contributed by atoms with Crippen molar-refractivity contribution in [1.82, 2.24) is 0 Å². The molecule has 2 heteroatoms. The minimum atomic E-state index is -0.548. The lowest BCUT2D eigenvalue weighted by molar-refractivity contribution is 0.589. The molecule has 3 aromatic rings. The van der Waals surface area contributed by atoms with E-state index in [1.165, 1.54) is 18.2 Å². The summed E-state index contributed by atoms with van der Waals surface area (Å²) >= 11 is 0. The predicted octanol–water partition coefficient (Wildman–Crippen LogP) is 5.30. The summed E-state index contributed by atoms with van der Waals surface area (Å²) < 4.78 is 28.0. The third kappa shape index (κ3) is 2.21. The van der Waals surface area contributed by atoms with Gasteiger partial charge in [0.1, 0.15) is 11.6 Å². The van der Waals surface area contributed by atoms with Crippen LogP contribution < -0.4 is 0 Å². The van der Waals surface area contributed by atoms with Gasteiger partial charge < -0.3 is 0 Å². The lowest BCUT2D eigenvalue weighted by Gasteiger charge is -2.11. The fourth-order valence-electron chi connectivity index (χ4n) is 2.33. The van der Waals surface area contributed by atoms with Crippen molar-refractivity contribution in [3.8, 4) is 22.3 Å². The first-order valence-electron chi connectivity index (χ1n) is 6.36. The Kier molecular flexibility index (Phi) is 3.30. The molecule has 0 saturated carbocycles. The van der Waals surface area contributed by atoms with Gasteiger partial charge in [-0.05, 0) is 28.8 Å². The molecule has 0 saturated heterocycles. The van der Waals surface area contributed by atoms with Gasteiger partial charge in [-0.2, -0.15) is 0 Å². The van der Waals surface area contributed by atoms with Gasteiger partial charge in [-0.1, -0.05) is 60.7 Å². The van der Waals surface area contributed by atoms with Crippen molar-refractivity contribution in [2.75, 3.05) is 0 Å². The average molecular weight is 266 g/mol. The molecule has 0 fully saturated rings. The molecule has 0 unspecified atom stereocenters. The summed E-state index contributed by atoms with van der Waals surface area (Å²) in [6.45, 7) is 0. The van der Waals surface area contributed by atoms with Crippen LogP contribution in [0.25, 0.3) is 22.3 Å². The number of benzene rings is 3. The van der Waals surface area contributed by atoms with Crippen molar-refractivity contribution in [2.45, 2.75) is 0 Å². The molecule has 0 atom stereocenters. The zero-order valence-corrected chi connectivity index (χ0v) is 10.7. The topological polar surface area (TPSA) is 0 Å². The van der Waals surface area contributed by atoms with Crippen molar-refractivity contribution in [2.24, 2.45) is 0 Å². The van der Waals surface area contributed by atoms with Crippen LogP contribution in [-0.2, 0) is 0 Å². The lowest BCUT2D eigenvalue weighted by atomic mass is 9.94. The second-order valence-electron chi connectivity index (χ2n) is 4.51. The first-order chi connectivity index (χ1) is 9.77.